The molecule has 18 heavy (non-hydrogen) atoms. The van der Waals surface area contributed by atoms with E-state index in [1.807, 2.05) is 36.4 Å². The van der Waals surface area contributed by atoms with Crippen LogP contribution in [0, 0.1) is 0 Å². The summed E-state index contributed by atoms with van der Waals surface area (Å²) in [7, 11) is 0. The third-order valence-electron chi connectivity index (χ3n) is 3.68. The van der Waals surface area contributed by atoms with Crippen molar-refractivity contribution in [3.63, 3.8) is 0 Å². The third kappa shape index (κ3) is 2.31. The quantitative estimate of drug-likeness (QED) is 0.900. The number of nitrogens with two attached hydrogens (primary N) is 1. The molecule has 0 atom stereocenters. The second-order valence-electron chi connectivity index (χ2n) is 5.20. The van der Waals surface area contributed by atoms with E-state index in [1.54, 1.807) is 0 Å². The van der Waals surface area contributed by atoms with Gasteiger partial charge in [-0.05, 0) is 25.0 Å². The molecule has 1 heterocycles. The Bertz CT molecular complexity index is 547. The van der Waals surface area contributed by atoms with Crippen LogP contribution < -0.4 is 10.5 Å². The van der Waals surface area contributed by atoms with Gasteiger partial charge in [-0.15, -0.1) is 0 Å². The van der Waals surface area contributed by atoms with Crippen LogP contribution in [-0.2, 0) is 0 Å². The molecule has 0 bridgehead atoms. The van der Waals surface area contributed by atoms with E-state index >= 15 is 0 Å². The van der Waals surface area contributed by atoms with Crippen LogP contribution in [-0.4, -0.2) is 17.1 Å². The minimum atomic E-state index is -0.146. The lowest BCUT2D eigenvalue weighted by molar-refractivity contribution is 0.214. The first kappa shape index (κ1) is 11.5. The molecule has 2 N–H and O–H groups in total. The first-order valence-electron chi connectivity index (χ1n) is 6.53. The van der Waals surface area contributed by atoms with Gasteiger partial charge in [0.05, 0.1) is 11.1 Å². The third-order valence-corrected chi connectivity index (χ3v) is 3.68. The highest BCUT2D eigenvalue weighted by Gasteiger charge is 2.30. The van der Waals surface area contributed by atoms with Gasteiger partial charge in [-0.1, -0.05) is 31.0 Å². The van der Waals surface area contributed by atoms with E-state index in [0.29, 0.717) is 12.5 Å². The largest absolute Gasteiger partial charge is 0.476 e. The van der Waals surface area contributed by atoms with Crippen molar-refractivity contribution in [3.8, 4) is 5.88 Å². The molecule has 1 aromatic carbocycles. The highest BCUT2D eigenvalue weighted by molar-refractivity contribution is 5.78. The van der Waals surface area contributed by atoms with Crippen LogP contribution in [0.1, 0.15) is 25.7 Å². The Balaban J connectivity index is 1.74. The zero-order valence-electron chi connectivity index (χ0n) is 10.4. The SMILES string of the molecule is NC1(COc2ccc3ccccc3n2)CCCC1. The topological polar surface area (TPSA) is 48.1 Å². The van der Waals surface area contributed by atoms with E-state index in [9.17, 15) is 0 Å². The van der Waals surface area contributed by atoms with Crippen LogP contribution in [0.3, 0.4) is 0 Å². The van der Waals surface area contributed by atoms with Gasteiger partial charge in [0.15, 0.2) is 0 Å². The van der Waals surface area contributed by atoms with Crippen molar-refractivity contribution in [2.24, 2.45) is 5.73 Å². The fraction of sp³-hybridized carbons (Fsp3) is 0.400. The van der Waals surface area contributed by atoms with E-state index in [4.69, 9.17) is 10.5 Å². The molecule has 1 aliphatic rings. The van der Waals surface area contributed by atoms with E-state index in [-0.39, 0.29) is 5.54 Å². The second kappa shape index (κ2) is 4.58. The number of hydrogen-bond acceptors (Lipinski definition) is 3. The predicted molar refractivity (Wildman–Crippen MR) is 72.6 cm³/mol. The van der Waals surface area contributed by atoms with E-state index < -0.39 is 0 Å². The smallest absolute Gasteiger partial charge is 0.213 e. The molecule has 1 saturated carbocycles. The first-order chi connectivity index (χ1) is 8.75. The number of fused-ring (bicyclic) bond motifs is 1. The van der Waals surface area contributed by atoms with Gasteiger partial charge in [0.1, 0.15) is 6.61 Å². The molecule has 1 aromatic heterocycles. The van der Waals surface area contributed by atoms with Gasteiger partial charge in [-0.3, -0.25) is 0 Å². The lowest BCUT2D eigenvalue weighted by atomic mass is 10.0. The molecule has 0 aliphatic heterocycles. The molecule has 0 spiro atoms. The summed E-state index contributed by atoms with van der Waals surface area (Å²) in [5.74, 6) is 0.672. The molecular formula is C15H18N2O. The lowest BCUT2D eigenvalue weighted by Gasteiger charge is -2.23. The molecule has 2 aromatic rings. The Morgan fingerprint density at radius 1 is 1.11 bits per heavy atom. The maximum Gasteiger partial charge on any atom is 0.213 e. The maximum absolute atomic E-state index is 6.27. The number of nitrogens with zero attached hydrogens (tertiary/aromatic N) is 1. The van der Waals surface area contributed by atoms with E-state index in [1.165, 1.54) is 12.8 Å². The minimum Gasteiger partial charge on any atom is -0.476 e. The Kier molecular flexibility index (Phi) is 2.92. The number of rotatable bonds is 3. The number of pyridine rings is 1. The molecular weight excluding hydrogens is 224 g/mol. The molecule has 0 amide bonds. The van der Waals surface area contributed by atoms with Crippen molar-refractivity contribution in [3.05, 3.63) is 36.4 Å². The van der Waals surface area contributed by atoms with Crippen molar-refractivity contribution in [2.75, 3.05) is 6.61 Å². The van der Waals surface area contributed by atoms with Gasteiger partial charge in [0, 0.05) is 11.5 Å². The molecule has 3 rings (SSSR count). The zero-order chi connectivity index (χ0) is 12.4. The summed E-state index contributed by atoms with van der Waals surface area (Å²) >= 11 is 0. The summed E-state index contributed by atoms with van der Waals surface area (Å²) in [6.07, 6.45) is 4.54. The Morgan fingerprint density at radius 3 is 2.72 bits per heavy atom. The monoisotopic (exact) mass is 242 g/mol. The lowest BCUT2D eigenvalue weighted by Crippen LogP contribution is -2.42. The number of para-hydroxylation sites is 1. The maximum atomic E-state index is 6.27. The number of ether oxygens (including phenoxy) is 1. The average Bonchev–Trinajstić information content (AvgIpc) is 2.84. The predicted octanol–water partition coefficient (Wildman–Crippen LogP) is 2.89. The van der Waals surface area contributed by atoms with Crippen LogP contribution in [0.5, 0.6) is 5.88 Å². The standard InChI is InChI=1S/C15H18N2O/c16-15(9-3-4-10-15)11-18-14-8-7-12-5-1-2-6-13(12)17-14/h1-2,5-8H,3-4,9-11,16H2. The zero-order valence-corrected chi connectivity index (χ0v) is 10.4. The van der Waals surface area contributed by atoms with Crippen LogP contribution in [0.4, 0.5) is 0 Å². The van der Waals surface area contributed by atoms with Gasteiger partial charge < -0.3 is 10.5 Å². The number of benzene rings is 1. The molecule has 0 unspecified atom stereocenters. The Labute approximate surface area is 107 Å². The molecule has 0 saturated heterocycles. The first-order valence-corrected chi connectivity index (χ1v) is 6.53. The van der Waals surface area contributed by atoms with Crippen molar-refractivity contribution < 1.29 is 4.74 Å². The summed E-state index contributed by atoms with van der Waals surface area (Å²) in [6, 6.07) is 12.0. The summed E-state index contributed by atoms with van der Waals surface area (Å²) in [6.45, 7) is 0.568. The minimum absolute atomic E-state index is 0.146. The molecule has 1 fully saturated rings. The van der Waals surface area contributed by atoms with Crippen LogP contribution >= 0.6 is 0 Å². The Hall–Kier alpha value is -1.61. The van der Waals surface area contributed by atoms with Crippen molar-refractivity contribution in [1.29, 1.82) is 0 Å². The van der Waals surface area contributed by atoms with Crippen molar-refractivity contribution >= 4 is 10.9 Å². The molecule has 94 valence electrons. The highest BCUT2D eigenvalue weighted by atomic mass is 16.5. The van der Waals surface area contributed by atoms with Gasteiger partial charge in [0.2, 0.25) is 5.88 Å². The summed E-state index contributed by atoms with van der Waals surface area (Å²) in [5.41, 5.74) is 7.09. The van der Waals surface area contributed by atoms with Crippen LogP contribution in [0.15, 0.2) is 36.4 Å². The fourth-order valence-electron chi connectivity index (χ4n) is 2.57. The fourth-order valence-corrected chi connectivity index (χ4v) is 2.57. The van der Waals surface area contributed by atoms with E-state index in [2.05, 4.69) is 4.98 Å². The molecule has 0 radical (unpaired) electrons. The Morgan fingerprint density at radius 2 is 1.89 bits per heavy atom. The number of aromatic nitrogens is 1. The normalized spacial score (nSPS) is 18.1. The van der Waals surface area contributed by atoms with Gasteiger partial charge >= 0.3 is 0 Å². The van der Waals surface area contributed by atoms with Crippen molar-refractivity contribution in [1.82, 2.24) is 4.98 Å². The summed E-state index contributed by atoms with van der Waals surface area (Å²) in [4.78, 5) is 4.49. The second-order valence-corrected chi connectivity index (χ2v) is 5.20. The van der Waals surface area contributed by atoms with Crippen LogP contribution in [0.2, 0.25) is 0 Å². The van der Waals surface area contributed by atoms with E-state index in [0.717, 1.165) is 23.7 Å². The van der Waals surface area contributed by atoms with Gasteiger partial charge in [-0.2, -0.15) is 0 Å². The summed E-state index contributed by atoms with van der Waals surface area (Å²) < 4.78 is 5.76. The summed E-state index contributed by atoms with van der Waals surface area (Å²) in [5, 5.41) is 1.13. The number of hydrogen-bond donors (Lipinski definition) is 1. The molecule has 1 aliphatic carbocycles. The average molecular weight is 242 g/mol. The highest BCUT2D eigenvalue weighted by Crippen LogP contribution is 2.28. The van der Waals surface area contributed by atoms with Crippen LogP contribution in [0.25, 0.3) is 10.9 Å². The molecule has 3 nitrogen and oxygen atoms in total. The van der Waals surface area contributed by atoms with Gasteiger partial charge in [-0.25, -0.2) is 4.98 Å². The molecule has 3 heteroatoms. The van der Waals surface area contributed by atoms with Crippen molar-refractivity contribution in [2.45, 2.75) is 31.2 Å². The van der Waals surface area contributed by atoms with Gasteiger partial charge in [0.25, 0.3) is 0 Å².